The normalized spacial score (nSPS) is 31.8. The molecule has 0 aliphatic carbocycles. The number of amides is 2. The molecule has 0 radical (unpaired) electrons. The standard InChI is InChI=1S/C18H34ClN3O8/c1-11(2)5-7-21(16(26)22(20-29)8-6-19)18(28)14(24)13(10-23)30-17(27,15(18)25)9-12(3)4/h11-15,23-25,27-28H,5-10H2,1-4H3/t13-,14-,15+,17+,18+/m1/s1. The second-order valence-corrected chi connectivity index (χ2v) is 8.80. The lowest BCUT2D eigenvalue weighted by atomic mass is 9.81. The Morgan fingerprint density at radius 3 is 2.20 bits per heavy atom. The molecule has 0 spiro atoms. The van der Waals surface area contributed by atoms with Crippen LogP contribution in [-0.4, -0.2) is 96.9 Å². The summed E-state index contributed by atoms with van der Waals surface area (Å²) in [5, 5.41) is 56.8. The maximum atomic E-state index is 13.0. The molecule has 1 fully saturated rings. The highest BCUT2D eigenvalue weighted by atomic mass is 35.5. The Kier molecular flexibility index (Phi) is 9.87. The fourth-order valence-corrected chi connectivity index (χ4v) is 3.71. The van der Waals surface area contributed by atoms with Crippen LogP contribution >= 0.6 is 11.6 Å². The van der Waals surface area contributed by atoms with Crippen LogP contribution in [0.3, 0.4) is 0 Å². The molecule has 11 nitrogen and oxygen atoms in total. The molecule has 1 rings (SSSR count). The average Bonchev–Trinajstić information content (AvgIpc) is 2.66. The molecule has 1 aliphatic rings. The summed E-state index contributed by atoms with van der Waals surface area (Å²) in [6.07, 6.45) is -5.52. The quantitative estimate of drug-likeness (QED) is 0.135. The predicted molar refractivity (Wildman–Crippen MR) is 108 cm³/mol. The van der Waals surface area contributed by atoms with Gasteiger partial charge in [-0.1, -0.05) is 27.7 Å². The lowest BCUT2D eigenvalue weighted by Crippen LogP contribution is -2.79. The zero-order chi connectivity index (χ0) is 23.3. The molecule has 30 heavy (non-hydrogen) atoms. The van der Waals surface area contributed by atoms with E-state index in [9.17, 15) is 35.2 Å². The van der Waals surface area contributed by atoms with E-state index in [0.29, 0.717) is 16.3 Å². The molecule has 1 saturated heterocycles. The SMILES string of the molecule is CC(C)CCN(C(=O)N(CCCl)N=O)[C@]1(O)[C@H](O)[C@@H](CO)O[C@@](O)(CC(C)C)[C@@H]1O. The van der Waals surface area contributed by atoms with E-state index in [-0.39, 0.29) is 37.2 Å². The topological polar surface area (TPSA) is 163 Å². The molecule has 5 atom stereocenters. The summed E-state index contributed by atoms with van der Waals surface area (Å²) in [6, 6.07) is -1.11. The number of halogens is 1. The van der Waals surface area contributed by atoms with Gasteiger partial charge in [0.25, 0.3) is 0 Å². The van der Waals surface area contributed by atoms with E-state index in [1.165, 1.54) is 0 Å². The van der Waals surface area contributed by atoms with E-state index in [1.807, 2.05) is 13.8 Å². The monoisotopic (exact) mass is 455 g/mol. The average molecular weight is 456 g/mol. The largest absolute Gasteiger partial charge is 0.394 e. The number of urea groups is 1. The van der Waals surface area contributed by atoms with Gasteiger partial charge in [-0.05, 0) is 18.3 Å². The number of carbonyl (C=O) groups is 1. The molecule has 12 heteroatoms. The summed E-state index contributed by atoms with van der Waals surface area (Å²) < 4.78 is 5.33. The van der Waals surface area contributed by atoms with Crippen LogP contribution in [0.5, 0.6) is 0 Å². The highest BCUT2D eigenvalue weighted by Crippen LogP contribution is 2.41. The summed E-state index contributed by atoms with van der Waals surface area (Å²) in [4.78, 5) is 24.9. The third kappa shape index (κ3) is 5.58. The number of aliphatic hydroxyl groups is 5. The minimum atomic E-state index is -2.78. The van der Waals surface area contributed by atoms with E-state index in [0.717, 1.165) is 0 Å². The minimum absolute atomic E-state index is 0.0480. The molecular formula is C18H34ClN3O8. The van der Waals surface area contributed by atoms with Crippen molar-refractivity contribution in [1.82, 2.24) is 9.91 Å². The second-order valence-electron chi connectivity index (χ2n) is 8.42. The second kappa shape index (κ2) is 11.0. The van der Waals surface area contributed by atoms with Gasteiger partial charge in [0.2, 0.25) is 5.72 Å². The Bertz CT molecular complexity index is 584. The Labute approximate surface area is 181 Å². The Balaban J connectivity index is 3.52. The molecule has 1 aliphatic heterocycles. The van der Waals surface area contributed by atoms with Gasteiger partial charge in [0.05, 0.1) is 18.4 Å². The van der Waals surface area contributed by atoms with Crippen LogP contribution in [0, 0.1) is 16.7 Å². The third-order valence-electron chi connectivity index (χ3n) is 5.06. The zero-order valence-corrected chi connectivity index (χ0v) is 18.6. The van der Waals surface area contributed by atoms with Crippen LogP contribution < -0.4 is 0 Å². The molecule has 0 aromatic heterocycles. The number of rotatable bonds is 10. The van der Waals surface area contributed by atoms with E-state index >= 15 is 0 Å². The number of aliphatic hydroxyl groups excluding tert-OH is 3. The number of ether oxygens (including phenoxy) is 1. The minimum Gasteiger partial charge on any atom is -0.394 e. The van der Waals surface area contributed by atoms with Gasteiger partial charge in [-0.3, -0.25) is 4.90 Å². The van der Waals surface area contributed by atoms with Crippen molar-refractivity contribution in [2.24, 2.45) is 17.1 Å². The van der Waals surface area contributed by atoms with Gasteiger partial charge in [0.1, 0.15) is 12.2 Å². The summed E-state index contributed by atoms with van der Waals surface area (Å²) >= 11 is 5.61. The van der Waals surface area contributed by atoms with Gasteiger partial charge >= 0.3 is 6.03 Å². The number of carbonyl (C=O) groups excluding carboxylic acids is 1. The Hall–Kier alpha value is -1.08. The molecule has 176 valence electrons. The van der Waals surface area contributed by atoms with Crippen molar-refractivity contribution < 1.29 is 35.1 Å². The number of nitroso groups, excluding NO2 is 1. The van der Waals surface area contributed by atoms with Crippen LogP contribution in [0.2, 0.25) is 0 Å². The number of hydrogen-bond acceptors (Lipinski definition) is 9. The van der Waals surface area contributed by atoms with Crippen LogP contribution in [0.25, 0.3) is 0 Å². The first-order chi connectivity index (χ1) is 13.9. The van der Waals surface area contributed by atoms with Crippen molar-refractivity contribution in [1.29, 1.82) is 0 Å². The first-order valence-corrected chi connectivity index (χ1v) is 10.5. The summed E-state index contributed by atoms with van der Waals surface area (Å²) in [6.45, 7) is 5.89. The highest BCUT2D eigenvalue weighted by molar-refractivity contribution is 6.18. The van der Waals surface area contributed by atoms with Crippen LogP contribution in [0.15, 0.2) is 5.29 Å². The third-order valence-corrected chi connectivity index (χ3v) is 5.23. The van der Waals surface area contributed by atoms with Crippen LogP contribution in [0.1, 0.15) is 40.5 Å². The van der Waals surface area contributed by atoms with Crippen molar-refractivity contribution in [2.45, 2.75) is 70.4 Å². The van der Waals surface area contributed by atoms with E-state index in [4.69, 9.17) is 16.3 Å². The zero-order valence-electron chi connectivity index (χ0n) is 17.8. The summed E-state index contributed by atoms with van der Waals surface area (Å²) in [5.41, 5.74) is -2.78. The molecule has 0 bridgehead atoms. The first-order valence-electron chi connectivity index (χ1n) is 9.96. The molecular weight excluding hydrogens is 422 g/mol. The lowest BCUT2D eigenvalue weighted by Gasteiger charge is -2.56. The van der Waals surface area contributed by atoms with Crippen LogP contribution in [0.4, 0.5) is 4.79 Å². The summed E-state index contributed by atoms with van der Waals surface area (Å²) in [7, 11) is 0. The fraction of sp³-hybridized carbons (Fsp3) is 0.944. The molecule has 0 unspecified atom stereocenters. The Morgan fingerprint density at radius 2 is 1.77 bits per heavy atom. The van der Waals surface area contributed by atoms with Crippen molar-refractivity contribution >= 4 is 17.6 Å². The van der Waals surface area contributed by atoms with Gasteiger partial charge in [0.15, 0.2) is 11.9 Å². The maximum Gasteiger partial charge on any atom is 0.345 e. The van der Waals surface area contributed by atoms with E-state index < -0.39 is 42.5 Å². The van der Waals surface area contributed by atoms with E-state index in [1.54, 1.807) is 13.8 Å². The molecule has 5 N–H and O–H groups in total. The van der Waals surface area contributed by atoms with Crippen molar-refractivity contribution in [3.8, 4) is 0 Å². The Morgan fingerprint density at radius 1 is 1.17 bits per heavy atom. The van der Waals surface area contributed by atoms with Gasteiger partial charge in [-0.2, -0.15) is 5.01 Å². The van der Waals surface area contributed by atoms with Crippen molar-refractivity contribution in [2.75, 3.05) is 25.6 Å². The summed E-state index contributed by atoms with van der Waals surface area (Å²) in [5.74, 6) is -2.67. The van der Waals surface area contributed by atoms with Gasteiger partial charge in [-0.25, -0.2) is 4.79 Å². The van der Waals surface area contributed by atoms with Crippen molar-refractivity contribution in [3.05, 3.63) is 4.91 Å². The van der Waals surface area contributed by atoms with E-state index in [2.05, 4.69) is 5.29 Å². The molecule has 0 aromatic carbocycles. The molecule has 0 saturated carbocycles. The molecule has 0 aromatic rings. The van der Waals surface area contributed by atoms with Gasteiger partial charge in [-0.15, -0.1) is 16.5 Å². The number of hydrogen-bond donors (Lipinski definition) is 5. The smallest absolute Gasteiger partial charge is 0.345 e. The van der Waals surface area contributed by atoms with Crippen molar-refractivity contribution in [3.63, 3.8) is 0 Å². The number of alkyl halides is 1. The molecule has 1 heterocycles. The fourth-order valence-electron chi connectivity index (χ4n) is 3.55. The molecule has 2 amide bonds. The first kappa shape index (κ1) is 27.0. The number of nitrogens with zero attached hydrogens (tertiary/aromatic N) is 3. The highest BCUT2D eigenvalue weighted by Gasteiger charge is 2.65. The maximum absolute atomic E-state index is 13.0. The lowest BCUT2D eigenvalue weighted by molar-refractivity contribution is -0.400. The van der Waals surface area contributed by atoms with Crippen LogP contribution in [-0.2, 0) is 4.74 Å². The van der Waals surface area contributed by atoms with Gasteiger partial charge in [0, 0.05) is 18.8 Å². The predicted octanol–water partition coefficient (Wildman–Crippen LogP) is 0.213. The van der Waals surface area contributed by atoms with Gasteiger partial charge < -0.3 is 30.3 Å².